The molecule has 3 heteroatoms. The number of nitrogens with one attached hydrogen (secondary N) is 1. The molecule has 0 aromatic rings. The fourth-order valence-electron chi connectivity index (χ4n) is 0.980. The van der Waals surface area contributed by atoms with E-state index in [4.69, 9.17) is 9.84 Å². The van der Waals surface area contributed by atoms with Gasteiger partial charge in [0.25, 0.3) is 0 Å². The van der Waals surface area contributed by atoms with Crippen LogP contribution in [0.4, 0.5) is 0 Å². The Balaban J connectivity index is 3.26. The SMILES string of the molecule is CCCNCC(CC)OCCO. The van der Waals surface area contributed by atoms with Crippen LogP contribution in [0.1, 0.15) is 26.7 Å². The van der Waals surface area contributed by atoms with Crippen molar-refractivity contribution in [3.63, 3.8) is 0 Å². The monoisotopic (exact) mass is 175 g/mol. The molecule has 0 aliphatic heterocycles. The molecule has 0 fully saturated rings. The molecule has 0 radical (unpaired) electrons. The van der Waals surface area contributed by atoms with Crippen molar-refractivity contribution in [1.82, 2.24) is 5.32 Å². The van der Waals surface area contributed by atoms with Crippen LogP contribution in [-0.4, -0.2) is 37.5 Å². The average molecular weight is 175 g/mol. The third-order valence-corrected chi connectivity index (χ3v) is 1.70. The maximum Gasteiger partial charge on any atom is 0.0702 e. The van der Waals surface area contributed by atoms with Crippen molar-refractivity contribution >= 4 is 0 Å². The molecule has 0 aliphatic rings. The summed E-state index contributed by atoms with van der Waals surface area (Å²) < 4.78 is 5.37. The Labute approximate surface area is 75.1 Å². The predicted octanol–water partition coefficient (Wildman–Crippen LogP) is 0.773. The molecule has 2 N–H and O–H groups in total. The zero-order valence-corrected chi connectivity index (χ0v) is 8.18. The molecule has 0 aliphatic carbocycles. The van der Waals surface area contributed by atoms with Gasteiger partial charge in [-0.05, 0) is 19.4 Å². The molecule has 0 rings (SSSR count). The van der Waals surface area contributed by atoms with Gasteiger partial charge in [-0.2, -0.15) is 0 Å². The Kier molecular flexibility index (Phi) is 8.88. The fourth-order valence-corrected chi connectivity index (χ4v) is 0.980. The predicted molar refractivity (Wildman–Crippen MR) is 50.3 cm³/mol. The first-order chi connectivity index (χ1) is 5.85. The largest absolute Gasteiger partial charge is 0.394 e. The van der Waals surface area contributed by atoms with Crippen molar-refractivity contribution < 1.29 is 9.84 Å². The first-order valence-corrected chi connectivity index (χ1v) is 4.78. The van der Waals surface area contributed by atoms with Crippen molar-refractivity contribution in [3.05, 3.63) is 0 Å². The molecule has 0 bridgehead atoms. The first kappa shape index (κ1) is 11.9. The minimum atomic E-state index is 0.115. The van der Waals surface area contributed by atoms with E-state index < -0.39 is 0 Å². The minimum absolute atomic E-state index is 0.115. The van der Waals surface area contributed by atoms with Crippen molar-refractivity contribution in [2.24, 2.45) is 0 Å². The van der Waals surface area contributed by atoms with E-state index in [1.54, 1.807) is 0 Å². The molecule has 12 heavy (non-hydrogen) atoms. The second-order valence-electron chi connectivity index (χ2n) is 2.83. The van der Waals surface area contributed by atoms with Crippen LogP contribution >= 0.6 is 0 Å². The molecule has 1 atom stereocenters. The van der Waals surface area contributed by atoms with Gasteiger partial charge < -0.3 is 15.2 Å². The molecule has 0 saturated carbocycles. The maximum atomic E-state index is 8.54. The molecule has 1 unspecified atom stereocenters. The number of hydrogen-bond donors (Lipinski definition) is 2. The Morgan fingerprint density at radius 3 is 2.67 bits per heavy atom. The van der Waals surface area contributed by atoms with Crippen molar-refractivity contribution in [2.45, 2.75) is 32.8 Å². The van der Waals surface area contributed by atoms with Gasteiger partial charge in [0.1, 0.15) is 0 Å². The van der Waals surface area contributed by atoms with Crippen LogP contribution < -0.4 is 5.32 Å². The van der Waals surface area contributed by atoms with Crippen LogP contribution in [0.3, 0.4) is 0 Å². The topological polar surface area (TPSA) is 41.5 Å². The molecule has 0 aromatic heterocycles. The van der Waals surface area contributed by atoms with Gasteiger partial charge in [-0.15, -0.1) is 0 Å². The maximum absolute atomic E-state index is 8.54. The normalized spacial score (nSPS) is 13.2. The molecule has 74 valence electrons. The summed E-state index contributed by atoms with van der Waals surface area (Å²) in [5, 5.41) is 11.8. The summed E-state index contributed by atoms with van der Waals surface area (Å²) in [5.74, 6) is 0. The Morgan fingerprint density at radius 1 is 1.42 bits per heavy atom. The smallest absolute Gasteiger partial charge is 0.0702 e. The van der Waals surface area contributed by atoms with Crippen LogP contribution in [0.2, 0.25) is 0 Å². The van der Waals surface area contributed by atoms with Gasteiger partial charge in [0.05, 0.1) is 19.3 Å². The van der Waals surface area contributed by atoms with E-state index in [2.05, 4.69) is 19.2 Å². The lowest BCUT2D eigenvalue weighted by molar-refractivity contribution is 0.0273. The highest BCUT2D eigenvalue weighted by Crippen LogP contribution is 1.95. The molecule has 0 aromatic carbocycles. The van der Waals surface area contributed by atoms with Gasteiger partial charge in [0, 0.05) is 6.54 Å². The van der Waals surface area contributed by atoms with E-state index in [0.717, 1.165) is 25.9 Å². The number of ether oxygens (including phenoxy) is 1. The highest BCUT2D eigenvalue weighted by atomic mass is 16.5. The third-order valence-electron chi connectivity index (χ3n) is 1.70. The van der Waals surface area contributed by atoms with Crippen molar-refractivity contribution in [3.8, 4) is 0 Å². The van der Waals surface area contributed by atoms with Gasteiger partial charge in [0.2, 0.25) is 0 Å². The van der Waals surface area contributed by atoms with Crippen LogP contribution in [0.5, 0.6) is 0 Å². The molecule has 0 spiro atoms. The van der Waals surface area contributed by atoms with Crippen LogP contribution in [0, 0.1) is 0 Å². The van der Waals surface area contributed by atoms with Crippen LogP contribution in [-0.2, 0) is 4.74 Å². The van der Waals surface area contributed by atoms with Crippen LogP contribution in [0.15, 0.2) is 0 Å². The summed E-state index contributed by atoms with van der Waals surface area (Å²) in [6.45, 7) is 6.73. The number of aliphatic hydroxyl groups excluding tert-OH is 1. The zero-order valence-electron chi connectivity index (χ0n) is 8.18. The van der Waals surface area contributed by atoms with E-state index in [9.17, 15) is 0 Å². The summed E-state index contributed by atoms with van der Waals surface area (Å²) in [7, 11) is 0. The number of aliphatic hydroxyl groups is 1. The lowest BCUT2D eigenvalue weighted by Crippen LogP contribution is -2.29. The van der Waals surface area contributed by atoms with E-state index in [1.807, 2.05) is 0 Å². The van der Waals surface area contributed by atoms with E-state index in [1.165, 1.54) is 0 Å². The fraction of sp³-hybridized carbons (Fsp3) is 1.00. The lowest BCUT2D eigenvalue weighted by atomic mass is 10.2. The molecule has 3 nitrogen and oxygen atoms in total. The minimum Gasteiger partial charge on any atom is -0.394 e. The molecule has 0 saturated heterocycles. The summed E-state index contributed by atoms with van der Waals surface area (Å²) in [4.78, 5) is 0. The van der Waals surface area contributed by atoms with E-state index in [-0.39, 0.29) is 12.7 Å². The Morgan fingerprint density at radius 2 is 2.17 bits per heavy atom. The summed E-state index contributed by atoms with van der Waals surface area (Å²) in [5.41, 5.74) is 0. The van der Waals surface area contributed by atoms with Crippen LogP contribution in [0.25, 0.3) is 0 Å². The average Bonchev–Trinajstić information content (AvgIpc) is 2.11. The Bertz CT molecular complexity index is 88.6. The molecular weight excluding hydrogens is 154 g/mol. The summed E-state index contributed by atoms with van der Waals surface area (Å²) >= 11 is 0. The first-order valence-electron chi connectivity index (χ1n) is 4.78. The highest BCUT2D eigenvalue weighted by molar-refractivity contribution is 4.58. The quantitative estimate of drug-likeness (QED) is 0.535. The van der Waals surface area contributed by atoms with Gasteiger partial charge in [-0.25, -0.2) is 0 Å². The van der Waals surface area contributed by atoms with Gasteiger partial charge in [-0.3, -0.25) is 0 Å². The standard InChI is InChI=1S/C9H21NO2/c1-3-5-10-8-9(4-2)12-7-6-11/h9-11H,3-8H2,1-2H3. The number of rotatable bonds is 8. The number of hydrogen-bond acceptors (Lipinski definition) is 3. The molecule has 0 heterocycles. The van der Waals surface area contributed by atoms with E-state index in [0.29, 0.717) is 6.61 Å². The van der Waals surface area contributed by atoms with Gasteiger partial charge in [0.15, 0.2) is 0 Å². The van der Waals surface area contributed by atoms with E-state index >= 15 is 0 Å². The lowest BCUT2D eigenvalue weighted by Gasteiger charge is -2.15. The second kappa shape index (κ2) is 8.97. The zero-order chi connectivity index (χ0) is 9.23. The Hall–Kier alpha value is -0.120. The van der Waals surface area contributed by atoms with Gasteiger partial charge in [-0.1, -0.05) is 13.8 Å². The van der Waals surface area contributed by atoms with Gasteiger partial charge >= 0.3 is 0 Å². The summed E-state index contributed by atoms with van der Waals surface area (Å²) in [6.07, 6.45) is 2.40. The van der Waals surface area contributed by atoms with Crippen molar-refractivity contribution in [1.29, 1.82) is 0 Å². The molecule has 0 amide bonds. The highest BCUT2D eigenvalue weighted by Gasteiger charge is 2.03. The molecular formula is C9H21NO2. The van der Waals surface area contributed by atoms with Crippen molar-refractivity contribution in [2.75, 3.05) is 26.3 Å². The summed E-state index contributed by atoms with van der Waals surface area (Å²) in [6, 6.07) is 0. The second-order valence-corrected chi connectivity index (χ2v) is 2.83. The third kappa shape index (κ3) is 6.58.